The third-order valence-electron chi connectivity index (χ3n) is 2.48. The zero-order valence-electron chi connectivity index (χ0n) is 10.2. The van der Waals surface area contributed by atoms with Crippen LogP contribution in [0.3, 0.4) is 0 Å². The van der Waals surface area contributed by atoms with Crippen molar-refractivity contribution in [3.05, 3.63) is 49.9 Å². The van der Waals surface area contributed by atoms with Crippen LogP contribution in [0.25, 0.3) is 0 Å². The van der Waals surface area contributed by atoms with Gasteiger partial charge in [0.25, 0.3) is 10.0 Å². The molecule has 2 aromatic rings. The van der Waals surface area contributed by atoms with E-state index in [9.17, 15) is 8.42 Å². The van der Waals surface area contributed by atoms with Gasteiger partial charge in [-0.25, -0.2) is 8.42 Å². The number of nitrogens with one attached hydrogen (secondary N) is 1. The first-order chi connectivity index (χ1) is 9.70. The van der Waals surface area contributed by atoms with Crippen LogP contribution in [-0.4, -0.2) is 8.42 Å². The molecular weight excluding hydrogens is 422 g/mol. The highest BCUT2D eigenvalue weighted by molar-refractivity contribution is 9.10. The highest BCUT2D eigenvalue weighted by Gasteiger charge is 2.23. The highest BCUT2D eigenvalue weighted by atomic mass is 79.9. The third-order valence-corrected chi connectivity index (χ3v) is 5.40. The van der Waals surface area contributed by atoms with Crippen molar-refractivity contribution in [2.45, 2.75) is 4.90 Å². The van der Waals surface area contributed by atoms with Crippen LogP contribution in [0, 0.1) is 0 Å². The summed E-state index contributed by atoms with van der Waals surface area (Å²) in [5.74, 6) is 0. The standard InChI is InChI=1S/C12H8BrCl3N2O2S/c13-6-1-2-11(8(15)3-6)18-21(19,20)12-9(16)4-7(14)5-10(12)17/h1-5,18H,17H2. The van der Waals surface area contributed by atoms with Crippen LogP contribution in [0.4, 0.5) is 11.4 Å². The minimum atomic E-state index is -3.99. The normalized spacial score (nSPS) is 11.4. The first-order valence-electron chi connectivity index (χ1n) is 5.43. The molecule has 3 N–H and O–H groups in total. The summed E-state index contributed by atoms with van der Waals surface area (Å²) in [6.07, 6.45) is 0. The van der Waals surface area contributed by atoms with Crippen molar-refractivity contribution in [2.24, 2.45) is 0 Å². The van der Waals surface area contributed by atoms with Gasteiger partial charge < -0.3 is 5.73 Å². The molecule has 0 aliphatic heterocycles. The van der Waals surface area contributed by atoms with E-state index in [0.717, 1.165) is 4.47 Å². The lowest BCUT2D eigenvalue weighted by Gasteiger charge is -2.13. The predicted octanol–water partition coefficient (Wildman–Crippen LogP) is 4.79. The molecule has 0 heterocycles. The summed E-state index contributed by atoms with van der Waals surface area (Å²) < 4.78 is 27.9. The minimum Gasteiger partial charge on any atom is -0.398 e. The quantitative estimate of drug-likeness (QED) is 0.688. The average Bonchev–Trinajstić information content (AvgIpc) is 2.30. The molecule has 0 bridgehead atoms. The second kappa shape index (κ2) is 6.22. The number of nitrogen functional groups attached to an aromatic ring is 1. The molecule has 2 rings (SSSR count). The Morgan fingerprint density at radius 1 is 1.05 bits per heavy atom. The summed E-state index contributed by atoms with van der Waals surface area (Å²) in [7, 11) is -3.99. The van der Waals surface area contributed by atoms with E-state index in [4.69, 9.17) is 40.5 Å². The van der Waals surface area contributed by atoms with Crippen molar-refractivity contribution in [2.75, 3.05) is 10.5 Å². The third kappa shape index (κ3) is 3.76. The van der Waals surface area contributed by atoms with E-state index >= 15 is 0 Å². The van der Waals surface area contributed by atoms with Gasteiger partial charge in [-0.15, -0.1) is 0 Å². The summed E-state index contributed by atoms with van der Waals surface area (Å²) >= 11 is 20.9. The Morgan fingerprint density at radius 3 is 2.29 bits per heavy atom. The SMILES string of the molecule is Nc1cc(Cl)cc(Cl)c1S(=O)(=O)Nc1ccc(Br)cc1Cl. The monoisotopic (exact) mass is 428 g/mol. The van der Waals surface area contributed by atoms with Crippen molar-refractivity contribution in [3.63, 3.8) is 0 Å². The van der Waals surface area contributed by atoms with Crippen LogP contribution >= 0.6 is 50.7 Å². The first kappa shape index (κ1) is 16.7. The van der Waals surface area contributed by atoms with Gasteiger partial charge in [-0.2, -0.15) is 0 Å². The smallest absolute Gasteiger partial charge is 0.265 e. The second-order valence-corrected chi connectivity index (χ2v) is 7.82. The molecule has 0 amide bonds. The topological polar surface area (TPSA) is 72.2 Å². The molecule has 112 valence electrons. The molecule has 0 fully saturated rings. The molecule has 0 unspecified atom stereocenters. The first-order valence-corrected chi connectivity index (χ1v) is 8.84. The molecule has 0 saturated heterocycles. The van der Waals surface area contributed by atoms with Gasteiger partial charge in [0.1, 0.15) is 4.90 Å². The molecule has 0 aliphatic rings. The molecular formula is C12H8BrCl3N2O2S. The van der Waals surface area contributed by atoms with E-state index < -0.39 is 10.0 Å². The Hall–Kier alpha value is -0.660. The van der Waals surface area contributed by atoms with Crippen LogP contribution in [-0.2, 0) is 10.0 Å². The maximum atomic E-state index is 12.4. The molecule has 0 aliphatic carbocycles. The summed E-state index contributed by atoms with van der Waals surface area (Å²) in [5, 5.41) is 0.412. The number of rotatable bonds is 3. The molecule has 0 aromatic heterocycles. The zero-order chi connectivity index (χ0) is 15.8. The Kier molecular flexibility index (Phi) is 4.95. The van der Waals surface area contributed by atoms with Crippen LogP contribution in [0.15, 0.2) is 39.7 Å². The summed E-state index contributed by atoms with van der Waals surface area (Å²) in [6, 6.07) is 7.34. The molecule has 0 saturated carbocycles. The van der Waals surface area contributed by atoms with Crippen LogP contribution in [0.2, 0.25) is 15.1 Å². The van der Waals surface area contributed by atoms with Crippen molar-refractivity contribution in [3.8, 4) is 0 Å². The molecule has 2 aromatic carbocycles. The lowest BCUT2D eigenvalue weighted by atomic mass is 10.3. The number of hydrogen-bond donors (Lipinski definition) is 2. The fraction of sp³-hybridized carbons (Fsp3) is 0. The van der Waals surface area contributed by atoms with E-state index in [1.807, 2.05) is 0 Å². The number of nitrogens with two attached hydrogens (primary N) is 1. The molecule has 0 atom stereocenters. The van der Waals surface area contributed by atoms with Gasteiger partial charge >= 0.3 is 0 Å². The summed E-state index contributed by atoms with van der Waals surface area (Å²) in [6.45, 7) is 0. The van der Waals surface area contributed by atoms with Gasteiger partial charge in [0, 0.05) is 9.50 Å². The van der Waals surface area contributed by atoms with Crippen LogP contribution in [0.5, 0.6) is 0 Å². The van der Waals surface area contributed by atoms with Gasteiger partial charge in [-0.05, 0) is 30.3 Å². The van der Waals surface area contributed by atoms with Gasteiger partial charge in [0.15, 0.2) is 0 Å². The van der Waals surface area contributed by atoms with Gasteiger partial charge in [-0.1, -0.05) is 50.7 Å². The fourth-order valence-corrected chi connectivity index (χ4v) is 4.48. The summed E-state index contributed by atoms with van der Waals surface area (Å²) in [4.78, 5) is -0.243. The predicted molar refractivity (Wildman–Crippen MR) is 90.8 cm³/mol. The van der Waals surface area contributed by atoms with E-state index in [-0.39, 0.29) is 31.3 Å². The van der Waals surface area contributed by atoms with Crippen LogP contribution in [0.1, 0.15) is 0 Å². The second-order valence-electron chi connectivity index (χ2n) is 4.04. The van der Waals surface area contributed by atoms with E-state index in [1.54, 1.807) is 12.1 Å². The van der Waals surface area contributed by atoms with Crippen molar-refractivity contribution in [1.29, 1.82) is 0 Å². The maximum Gasteiger partial charge on any atom is 0.265 e. The van der Waals surface area contributed by atoms with E-state index in [2.05, 4.69) is 20.7 Å². The molecule has 21 heavy (non-hydrogen) atoms. The van der Waals surface area contributed by atoms with Gasteiger partial charge in [0.2, 0.25) is 0 Å². The largest absolute Gasteiger partial charge is 0.398 e. The minimum absolute atomic E-state index is 0.0479. The maximum absolute atomic E-state index is 12.4. The molecule has 4 nitrogen and oxygen atoms in total. The lowest BCUT2D eigenvalue weighted by Crippen LogP contribution is -2.15. The van der Waals surface area contributed by atoms with E-state index in [1.165, 1.54) is 18.2 Å². The Balaban J connectivity index is 2.48. The van der Waals surface area contributed by atoms with Crippen molar-refractivity contribution < 1.29 is 8.42 Å². The Morgan fingerprint density at radius 2 is 1.71 bits per heavy atom. The number of anilines is 2. The number of halogens is 4. The van der Waals surface area contributed by atoms with Crippen molar-refractivity contribution in [1.82, 2.24) is 0 Å². The van der Waals surface area contributed by atoms with Gasteiger partial charge in [-0.3, -0.25) is 4.72 Å². The highest BCUT2D eigenvalue weighted by Crippen LogP contribution is 2.34. The van der Waals surface area contributed by atoms with Gasteiger partial charge in [0.05, 0.1) is 21.4 Å². The lowest BCUT2D eigenvalue weighted by molar-refractivity contribution is 0.601. The number of sulfonamides is 1. The zero-order valence-corrected chi connectivity index (χ0v) is 14.9. The van der Waals surface area contributed by atoms with Crippen molar-refractivity contribution >= 4 is 72.1 Å². The van der Waals surface area contributed by atoms with E-state index in [0.29, 0.717) is 0 Å². The summed E-state index contributed by atoms with van der Waals surface area (Å²) in [5.41, 5.74) is 5.86. The molecule has 0 radical (unpaired) electrons. The number of benzene rings is 2. The Bertz CT molecular complexity index is 789. The number of hydrogen-bond acceptors (Lipinski definition) is 3. The molecule has 9 heteroatoms. The Labute approximate surface area is 145 Å². The average molecular weight is 431 g/mol. The molecule has 0 spiro atoms. The van der Waals surface area contributed by atoms with Crippen LogP contribution < -0.4 is 10.5 Å². The fourth-order valence-electron chi connectivity index (χ4n) is 1.63.